The molecule has 3 rings (SSSR count). The Bertz CT molecular complexity index is 750. The number of carbonyl (C=O) groups excluding carboxylic acids is 1. The van der Waals surface area contributed by atoms with Gasteiger partial charge in [-0.25, -0.2) is 4.98 Å². The van der Waals surface area contributed by atoms with Gasteiger partial charge < -0.3 is 5.32 Å². The lowest BCUT2D eigenvalue weighted by Crippen LogP contribution is -2.23. The lowest BCUT2D eigenvalue weighted by atomic mass is 10.1. The second kappa shape index (κ2) is 5.84. The van der Waals surface area contributed by atoms with Crippen LogP contribution in [0.2, 0.25) is 0 Å². The number of pyridine rings is 1. The summed E-state index contributed by atoms with van der Waals surface area (Å²) in [5.74, 6) is -0.179. The Morgan fingerprint density at radius 3 is 3.05 bits per heavy atom. The predicted molar refractivity (Wildman–Crippen MR) is 79.7 cm³/mol. The molecular weight excluding hydrogens is 286 g/mol. The standard InChI is InChI=1S/C14H13N5OS/c1-19-13(2-3-18-19)11-4-10(5-15-7-11)6-16-14(20)12-8-21-9-17-12/h2-5,7-9H,6H2,1H3,(H,16,20). The van der Waals surface area contributed by atoms with Crippen molar-refractivity contribution in [2.45, 2.75) is 6.54 Å². The van der Waals surface area contributed by atoms with Crippen LogP contribution in [0.1, 0.15) is 16.1 Å². The van der Waals surface area contributed by atoms with Gasteiger partial charge in [-0.1, -0.05) is 0 Å². The van der Waals surface area contributed by atoms with Gasteiger partial charge in [-0.2, -0.15) is 5.10 Å². The van der Waals surface area contributed by atoms with E-state index in [0.29, 0.717) is 12.2 Å². The summed E-state index contributed by atoms with van der Waals surface area (Å²) in [4.78, 5) is 20.0. The van der Waals surface area contributed by atoms with Gasteiger partial charge in [0.15, 0.2) is 0 Å². The summed E-state index contributed by atoms with van der Waals surface area (Å²) >= 11 is 1.40. The van der Waals surface area contributed by atoms with Gasteiger partial charge >= 0.3 is 0 Å². The van der Waals surface area contributed by atoms with Crippen molar-refractivity contribution in [2.24, 2.45) is 7.05 Å². The number of rotatable bonds is 4. The Kier molecular flexibility index (Phi) is 3.74. The van der Waals surface area contributed by atoms with Crippen LogP contribution in [-0.4, -0.2) is 25.7 Å². The maximum absolute atomic E-state index is 11.8. The number of aromatic nitrogens is 4. The zero-order valence-electron chi connectivity index (χ0n) is 11.4. The van der Waals surface area contributed by atoms with Crippen molar-refractivity contribution in [3.63, 3.8) is 0 Å². The maximum Gasteiger partial charge on any atom is 0.271 e. The summed E-state index contributed by atoms with van der Waals surface area (Å²) < 4.78 is 1.79. The van der Waals surface area contributed by atoms with Crippen LogP contribution in [0, 0.1) is 0 Å². The predicted octanol–water partition coefficient (Wildman–Crippen LogP) is 1.87. The highest BCUT2D eigenvalue weighted by Gasteiger charge is 2.08. The topological polar surface area (TPSA) is 72.7 Å². The van der Waals surface area contributed by atoms with E-state index in [-0.39, 0.29) is 5.91 Å². The molecule has 0 aliphatic carbocycles. The molecule has 1 amide bonds. The fraction of sp³-hybridized carbons (Fsp3) is 0.143. The molecule has 0 aromatic carbocycles. The van der Waals surface area contributed by atoms with E-state index in [1.165, 1.54) is 11.3 Å². The van der Waals surface area contributed by atoms with Crippen LogP contribution in [0.15, 0.2) is 41.6 Å². The van der Waals surface area contributed by atoms with Crippen molar-refractivity contribution in [1.82, 2.24) is 25.1 Å². The molecule has 0 unspecified atom stereocenters. The molecule has 3 aromatic heterocycles. The third-order valence-electron chi connectivity index (χ3n) is 3.03. The van der Waals surface area contributed by atoms with E-state index in [0.717, 1.165) is 16.8 Å². The van der Waals surface area contributed by atoms with Gasteiger partial charge in [0, 0.05) is 43.1 Å². The normalized spacial score (nSPS) is 10.5. The minimum Gasteiger partial charge on any atom is -0.347 e. The lowest BCUT2D eigenvalue weighted by Gasteiger charge is -2.06. The molecule has 0 fully saturated rings. The van der Waals surface area contributed by atoms with Crippen molar-refractivity contribution in [2.75, 3.05) is 0 Å². The molecule has 6 nitrogen and oxygen atoms in total. The van der Waals surface area contributed by atoms with Crippen LogP contribution in [-0.2, 0) is 13.6 Å². The minimum absolute atomic E-state index is 0.179. The molecule has 0 aliphatic heterocycles. The summed E-state index contributed by atoms with van der Waals surface area (Å²) in [5, 5.41) is 8.70. The van der Waals surface area contributed by atoms with E-state index < -0.39 is 0 Å². The van der Waals surface area contributed by atoms with Gasteiger partial charge in [-0.15, -0.1) is 11.3 Å². The average molecular weight is 299 g/mol. The molecule has 3 aromatic rings. The molecule has 0 saturated carbocycles. The number of carbonyl (C=O) groups is 1. The van der Waals surface area contributed by atoms with Gasteiger partial charge in [-0.3, -0.25) is 14.5 Å². The molecule has 0 saturated heterocycles. The molecule has 0 aliphatic rings. The van der Waals surface area contributed by atoms with E-state index in [1.807, 2.05) is 19.2 Å². The first-order chi connectivity index (χ1) is 10.2. The Morgan fingerprint density at radius 1 is 1.43 bits per heavy atom. The molecular formula is C14H13N5OS. The van der Waals surface area contributed by atoms with Crippen LogP contribution >= 0.6 is 11.3 Å². The van der Waals surface area contributed by atoms with E-state index in [9.17, 15) is 4.79 Å². The second-order valence-corrected chi connectivity index (χ2v) is 5.20. The summed E-state index contributed by atoms with van der Waals surface area (Å²) in [6.45, 7) is 0.412. The van der Waals surface area contributed by atoms with Crippen LogP contribution in [0.5, 0.6) is 0 Å². The summed E-state index contributed by atoms with van der Waals surface area (Å²) in [6, 6.07) is 3.92. The van der Waals surface area contributed by atoms with Crippen LogP contribution < -0.4 is 5.32 Å². The SMILES string of the molecule is Cn1nccc1-c1cncc(CNC(=O)c2cscn2)c1. The minimum atomic E-state index is -0.179. The number of hydrogen-bond acceptors (Lipinski definition) is 5. The lowest BCUT2D eigenvalue weighted by molar-refractivity contribution is 0.0946. The number of nitrogens with one attached hydrogen (secondary N) is 1. The number of thiazole rings is 1. The molecule has 7 heteroatoms. The Hall–Kier alpha value is -2.54. The first-order valence-corrected chi connectivity index (χ1v) is 7.27. The van der Waals surface area contributed by atoms with E-state index >= 15 is 0 Å². The Labute approximate surface area is 125 Å². The zero-order chi connectivity index (χ0) is 14.7. The van der Waals surface area contributed by atoms with Crippen molar-refractivity contribution < 1.29 is 4.79 Å². The van der Waals surface area contributed by atoms with Crippen molar-refractivity contribution in [1.29, 1.82) is 0 Å². The van der Waals surface area contributed by atoms with E-state index in [2.05, 4.69) is 20.4 Å². The first kappa shape index (κ1) is 13.4. The molecule has 0 atom stereocenters. The van der Waals surface area contributed by atoms with Crippen molar-refractivity contribution in [3.8, 4) is 11.3 Å². The Balaban J connectivity index is 1.72. The number of nitrogens with zero attached hydrogens (tertiary/aromatic N) is 4. The van der Waals surface area contributed by atoms with Gasteiger partial charge in [0.05, 0.1) is 11.2 Å². The molecule has 21 heavy (non-hydrogen) atoms. The third kappa shape index (κ3) is 2.97. The van der Waals surface area contributed by atoms with Gasteiger partial charge in [0.2, 0.25) is 0 Å². The summed E-state index contributed by atoms with van der Waals surface area (Å²) in [6.07, 6.45) is 5.26. The van der Waals surface area contributed by atoms with E-state index in [1.54, 1.807) is 34.2 Å². The summed E-state index contributed by atoms with van der Waals surface area (Å²) in [7, 11) is 1.88. The number of amides is 1. The average Bonchev–Trinajstić information content (AvgIpc) is 3.16. The highest BCUT2D eigenvalue weighted by atomic mass is 32.1. The van der Waals surface area contributed by atoms with Gasteiger partial charge in [0.25, 0.3) is 5.91 Å². The van der Waals surface area contributed by atoms with Crippen LogP contribution in [0.4, 0.5) is 0 Å². The highest BCUT2D eigenvalue weighted by molar-refractivity contribution is 7.07. The third-order valence-corrected chi connectivity index (χ3v) is 3.62. The quantitative estimate of drug-likeness (QED) is 0.798. The maximum atomic E-state index is 11.8. The highest BCUT2D eigenvalue weighted by Crippen LogP contribution is 2.18. The molecule has 1 N–H and O–H groups in total. The smallest absolute Gasteiger partial charge is 0.271 e. The van der Waals surface area contributed by atoms with Crippen LogP contribution in [0.3, 0.4) is 0 Å². The molecule has 3 heterocycles. The van der Waals surface area contributed by atoms with Crippen molar-refractivity contribution in [3.05, 3.63) is 52.9 Å². The van der Waals surface area contributed by atoms with Gasteiger partial charge in [-0.05, 0) is 17.7 Å². The first-order valence-electron chi connectivity index (χ1n) is 6.33. The molecule has 0 bridgehead atoms. The monoisotopic (exact) mass is 299 g/mol. The summed E-state index contributed by atoms with van der Waals surface area (Å²) in [5.41, 5.74) is 4.96. The second-order valence-electron chi connectivity index (χ2n) is 4.48. The fourth-order valence-corrected chi connectivity index (χ4v) is 2.51. The largest absolute Gasteiger partial charge is 0.347 e. The molecule has 0 spiro atoms. The Morgan fingerprint density at radius 2 is 2.33 bits per heavy atom. The van der Waals surface area contributed by atoms with Gasteiger partial charge in [0.1, 0.15) is 5.69 Å². The number of aryl methyl sites for hydroxylation is 1. The number of hydrogen-bond donors (Lipinski definition) is 1. The molecule has 106 valence electrons. The van der Waals surface area contributed by atoms with E-state index in [4.69, 9.17) is 0 Å². The fourth-order valence-electron chi connectivity index (χ4n) is 1.98. The van der Waals surface area contributed by atoms with Crippen LogP contribution in [0.25, 0.3) is 11.3 Å². The zero-order valence-corrected chi connectivity index (χ0v) is 12.2. The molecule has 0 radical (unpaired) electrons. The van der Waals surface area contributed by atoms with Crippen molar-refractivity contribution >= 4 is 17.2 Å².